The zero-order valence-electron chi connectivity index (χ0n) is 14.3. The molecule has 0 bridgehead atoms. The SMILES string of the molecule is CC(C)n1cc2[nH]n(-c3ccccc3Cl)c(-c3ccc(Cl)cc3)c-2c1=O. The minimum absolute atomic E-state index is 0.0259. The number of aromatic amines is 1. The first kappa shape index (κ1) is 17.0. The van der Waals surface area contributed by atoms with E-state index < -0.39 is 0 Å². The molecule has 0 radical (unpaired) electrons. The van der Waals surface area contributed by atoms with Crippen molar-refractivity contribution < 1.29 is 0 Å². The van der Waals surface area contributed by atoms with Crippen LogP contribution in [0.1, 0.15) is 19.9 Å². The Labute approximate surface area is 160 Å². The second-order valence-corrected chi connectivity index (χ2v) is 7.32. The van der Waals surface area contributed by atoms with Crippen molar-refractivity contribution in [3.8, 4) is 28.2 Å². The molecule has 26 heavy (non-hydrogen) atoms. The van der Waals surface area contributed by atoms with E-state index in [4.69, 9.17) is 23.2 Å². The van der Waals surface area contributed by atoms with Gasteiger partial charge < -0.3 is 4.57 Å². The molecule has 2 aromatic rings. The van der Waals surface area contributed by atoms with Crippen LogP contribution in [0.4, 0.5) is 0 Å². The third-order valence-electron chi connectivity index (χ3n) is 4.45. The first-order valence-electron chi connectivity index (χ1n) is 8.34. The quantitative estimate of drug-likeness (QED) is 0.487. The van der Waals surface area contributed by atoms with Crippen LogP contribution in [0.5, 0.6) is 0 Å². The van der Waals surface area contributed by atoms with Gasteiger partial charge >= 0.3 is 0 Å². The number of aromatic nitrogens is 3. The standard InChI is InChI=1S/C20H17Cl2N3O/c1-12(2)24-11-16-18(20(24)26)19(13-7-9-14(21)10-8-13)25(23-16)17-6-4-3-5-15(17)22/h3-12,23H,1-2H3. The number of fused-ring (bicyclic) bond motifs is 1. The molecule has 2 aliphatic rings. The molecule has 2 heterocycles. The second-order valence-electron chi connectivity index (χ2n) is 6.48. The van der Waals surface area contributed by atoms with E-state index >= 15 is 0 Å². The monoisotopic (exact) mass is 385 g/mol. The molecular weight excluding hydrogens is 369 g/mol. The van der Waals surface area contributed by atoms with Crippen molar-refractivity contribution in [3.05, 3.63) is 75.1 Å². The fourth-order valence-electron chi connectivity index (χ4n) is 3.19. The third-order valence-corrected chi connectivity index (χ3v) is 5.02. The number of nitrogens with zero attached hydrogens (tertiary/aromatic N) is 2. The van der Waals surface area contributed by atoms with E-state index in [0.29, 0.717) is 15.6 Å². The molecule has 0 amide bonds. The summed E-state index contributed by atoms with van der Waals surface area (Å²) in [5, 5.41) is 4.57. The fraction of sp³-hybridized carbons (Fsp3) is 0.150. The maximum absolute atomic E-state index is 13.0. The van der Waals surface area contributed by atoms with E-state index in [-0.39, 0.29) is 11.6 Å². The van der Waals surface area contributed by atoms with E-state index in [0.717, 1.165) is 22.6 Å². The predicted octanol–water partition coefficient (Wildman–Crippen LogP) is 5.63. The van der Waals surface area contributed by atoms with Crippen LogP contribution < -0.4 is 5.56 Å². The minimum Gasteiger partial charge on any atom is -0.310 e. The van der Waals surface area contributed by atoms with Gasteiger partial charge in [0.15, 0.2) is 0 Å². The number of para-hydroxylation sites is 1. The van der Waals surface area contributed by atoms with Crippen molar-refractivity contribution >= 4 is 23.2 Å². The largest absolute Gasteiger partial charge is 0.310 e. The Kier molecular flexibility index (Phi) is 4.17. The number of hydrogen-bond acceptors (Lipinski definition) is 1. The summed E-state index contributed by atoms with van der Waals surface area (Å²) in [5.41, 5.74) is 3.83. The van der Waals surface area contributed by atoms with Gasteiger partial charge in [-0.15, -0.1) is 0 Å². The van der Waals surface area contributed by atoms with Crippen molar-refractivity contribution in [2.45, 2.75) is 19.9 Å². The molecule has 0 saturated carbocycles. The first-order chi connectivity index (χ1) is 12.5. The van der Waals surface area contributed by atoms with E-state index in [2.05, 4.69) is 5.10 Å². The van der Waals surface area contributed by atoms with Gasteiger partial charge in [-0.25, -0.2) is 0 Å². The van der Waals surface area contributed by atoms with Crippen LogP contribution in [0, 0.1) is 0 Å². The number of nitrogens with one attached hydrogen (secondary N) is 1. The molecule has 132 valence electrons. The Morgan fingerprint density at radius 3 is 2.35 bits per heavy atom. The Morgan fingerprint density at radius 1 is 1.00 bits per heavy atom. The fourth-order valence-corrected chi connectivity index (χ4v) is 3.53. The van der Waals surface area contributed by atoms with Crippen LogP contribution in [0.25, 0.3) is 28.2 Å². The zero-order chi connectivity index (χ0) is 18.4. The first-order valence-corrected chi connectivity index (χ1v) is 9.09. The minimum atomic E-state index is -0.0259. The number of benzene rings is 2. The molecular formula is C20H17Cl2N3O. The van der Waals surface area contributed by atoms with Gasteiger partial charge in [-0.2, -0.15) is 0 Å². The number of hydrogen-bond donors (Lipinski definition) is 1. The van der Waals surface area contributed by atoms with Gasteiger partial charge in [0.1, 0.15) is 0 Å². The topological polar surface area (TPSA) is 42.7 Å². The summed E-state index contributed by atoms with van der Waals surface area (Å²) >= 11 is 12.5. The van der Waals surface area contributed by atoms with Crippen molar-refractivity contribution in [2.24, 2.45) is 0 Å². The van der Waals surface area contributed by atoms with Gasteiger partial charge in [0.25, 0.3) is 5.56 Å². The lowest BCUT2D eigenvalue weighted by Gasteiger charge is -2.11. The highest BCUT2D eigenvalue weighted by molar-refractivity contribution is 6.32. The molecule has 1 N–H and O–H groups in total. The zero-order valence-corrected chi connectivity index (χ0v) is 15.8. The Balaban J connectivity index is 2.08. The molecule has 2 aromatic carbocycles. The molecule has 4 rings (SSSR count). The summed E-state index contributed by atoms with van der Waals surface area (Å²) in [6.07, 6.45) is 1.86. The average Bonchev–Trinajstić information content (AvgIpc) is 3.13. The molecule has 6 heteroatoms. The lowest BCUT2D eigenvalue weighted by Crippen LogP contribution is -2.17. The van der Waals surface area contributed by atoms with Gasteiger partial charge in [-0.05, 0) is 38.1 Å². The number of H-pyrrole nitrogens is 1. The van der Waals surface area contributed by atoms with Crippen LogP contribution in [0.15, 0.2) is 59.5 Å². The van der Waals surface area contributed by atoms with Crippen molar-refractivity contribution in [3.63, 3.8) is 0 Å². The summed E-state index contributed by atoms with van der Waals surface area (Å²) in [5.74, 6) is 0. The maximum Gasteiger partial charge on any atom is 0.262 e. The molecule has 4 nitrogen and oxygen atoms in total. The highest BCUT2D eigenvalue weighted by Gasteiger charge is 2.26. The molecule has 0 fully saturated rings. The van der Waals surface area contributed by atoms with Crippen LogP contribution in [-0.2, 0) is 0 Å². The van der Waals surface area contributed by atoms with E-state index in [1.54, 1.807) is 4.57 Å². The van der Waals surface area contributed by atoms with Gasteiger partial charge in [0.05, 0.1) is 27.7 Å². The number of halogens is 2. The summed E-state index contributed by atoms with van der Waals surface area (Å²) in [4.78, 5) is 13.0. The summed E-state index contributed by atoms with van der Waals surface area (Å²) < 4.78 is 3.60. The summed E-state index contributed by atoms with van der Waals surface area (Å²) in [6, 6.07) is 15.1. The van der Waals surface area contributed by atoms with Gasteiger partial charge in [0, 0.05) is 22.8 Å². The molecule has 0 aliphatic carbocycles. The molecule has 0 unspecified atom stereocenters. The second kappa shape index (κ2) is 6.38. The van der Waals surface area contributed by atoms with Crippen molar-refractivity contribution in [2.75, 3.05) is 0 Å². The smallest absolute Gasteiger partial charge is 0.262 e. The molecule has 0 saturated heterocycles. The van der Waals surface area contributed by atoms with Crippen molar-refractivity contribution in [1.82, 2.24) is 14.3 Å². The Morgan fingerprint density at radius 2 is 1.69 bits per heavy atom. The van der Waals surface area contributed by atoms with Gasteiger partial charge in [0.2, 0.25) is 0 Å². The van der Waals surface area contributed by atoms with Crippen LogP contribution in [-0.4, -0.2) is 14.3 Å². The Bertz CT molecular complexity index is 1100. The number of rotatable bonds is 3. The molecule has 2 aliphatic heterocycles. The average molecular weight is 386 g/mol. The molecule has 0 aromatic heterocycles. The van der Waals surface area contributed by atoms with E-state index in [9.17, 15) is 4.79 Å². The lowest BCUT2D eigenvalue weighted by atomic mass is 10.1. The predicted molar refractivity (Wildman–Crippen MR) is 107 cm³/mol. The third kappa shape index (κ3) is 2.66. The Hall–Kier alpha value is -2.43. The highest BCUT2D eigenvalue weighted by Crippen LogP contribution is 2.36. The highest BCUT2D eigenvalue weighted by atomic mass is 35.5. The van der Waals surface area contributed by atoms with Crippen LogP contribution >= 0.6 is 23.2 Å². The van der Waals surface area contributed by atoms with Gasteiger partial charge in [-0.1, -0.05) is 47.5 Å². The normalized spacial score (nSPS) is 11.6. The van der Waals surface area contributed by atoms with Crippen LogP contribution in [0.3, 0.4) is 0 Å². The maximum atomic E-state index is 13.0. The van der Waals surface area contributed by atoms with Crippen LogP contribution in [0.2, 0.25) is 10.0 Å². The summed E-state index contributed by atoms with van der Waals surface area (Å²) in [6.45, 7) is 3.98. The van der Waals surface area contributed by atoms with E-state index in [1.165, 1.54) is 0 Å². The van der Waals surface area contributed by atoms with Gasteiger partial charge in [-0.3, -0.25) is 14.6 Å². The lowest BCUT2D eigenvalue weighted by molar-refractivity contribution is 0.588. The molecule has 0 spiro atoms. The van der Waals surface area contributed by atoms with Crippen molar-refractivity contribution in [1.29, 1.82) is 0 Å². The van der Waals surface area contributed by atoms with E-state index in [1.807, 2.05) is 73.3 Å². The molecule has 0 atom stereocenters. The summed E-state index contributed by atoms with van der Waals surface area (Å²) in [7, 11) is 0.